The summed E-state index contributed by atoms with van der Waals surface area (Å²) < 4.78 is 0. The first-order valence-corrected chi connectivity index (χ1v) is 22.5. The predicted octanol–water partition coefficient (Wildman–Crippen LogP) is 12.6. The molecule has 4 N–H and O–H groups in total. The molecule has 1 heterocycles. The Hall–Kier alpha value is -4.48. The molecule has 0 fully saturated rings. The highest BCUT2D eigenvalue weighted by Crippen LogP contribution is 2.30. The lowest BCUT2D eigenvalue weighted by Gasteiger charge is -2.10. The van der Waals surface area contributed by atoms with Gasteiger partial charge < -0.3 is 11.5 Å². The van der Waals surface area contributed by atoms with Crippen molar-refractivity contribution in [2.75, 3.05) is 34.8 Å². The maximum atomic E-state index is 11.8. The Bertz CT molecular complexity index is 1910. The second-order valence-corrected chi connectivity index (χ2v) is 10.2. The number of alkyl halides is 4. The zero-order valence-electron chi connectivity index (χ0n) is 30.5. The lowest BCUT2D eigenvalue weighted by Crippen LogP contribution is -2.14. The number of benzene rings is 6. The standard InChI is InChI=1S/C20H14N2.C14H10O2.C6H8N2.4CH3Br/c1-3-9-15(10-4-1)19-20(16-11-5-2-6-12-16)22-18-14-8-7-13-17(18)21-19;15-13(11-7-3-1-4-8-11)14(16)12-9-5-2-6-10-12;7-5-3-1-2-4-6(5)8;4*1-2/h1-14H;1-10H;1-4H,7-8H2;4*1H3. The van der Waals surface area contributed by atoms with E-state index in [9.17, 15) is 9.59 Å². The lowest BCUT2D eigenvalue weighted by molar-refractivity contribution is 0.0817. The van der Waals surface area contributed by atoms with Crippen LogP contribution in [0.15, 0.2) is 170 Å². The van der Waals surface area contributed by atoms with E-state index in [0.717, 1.165) is 33.5 Å². The highest BCUT2D eigenvalue weighted by molar-refractivity contribution is 9.09. The topological polar surface area (TPSA) is 112 Å². The zero-order valence-corrected chi connectivity index (χ0v) is 36.9. The van der Waals surface area contributed by atoms with Crippen LogP contribution in [0.2, 0.25) is 0 Å². The molecule has 6 aromatic carbocycles. The fourth-order valence-corrected chi connectivity index (χ4v) is 4.55. The minimum atomic E-state index is -0.466. The van der Waals surface area contributed by atoms with Crippen LogP contribution in [0, 0.1) is 0 Å². The number of Topliss-reactive ketones (excluding diaryl/α,β-unsaturated/α-hetero) is 2. The highest BCUT2D eigenvalue weighted by atomic mass is 79.9. The first kappa shape index (κ1) is 47.5. The molecule has 0 bridgehead atoms. The van der Waals surface area contributed by atoms with E-state index < -0.39 is 11.6 Å². The van der Waals surface area contributed by atoms with Gasteiger partial charge in [-0.15, -0.1) is 0 Å². The van der Waals surface area contributed by atoms with Gasteiger partial charge in [-0.05, 0) is 47.6 Å². The molecule has 7 rings (SSSR count). The highest BCUT2D eigenvalue weighted by Gasteiger charge is 2.17. The number of halogens is 4. The van der Waals surface area contributed by atoms with Crippen molar-refractivity contribution < 1.29 is 9.59 Å². The van der Waals surface area contributed by atoms with Crippen LogP contribution in [-0.4, -0.2) is 44.9 Å². The van der Waals surface area contributed by atoms with E-state index >= 15 is 0 Å². The minimum Gasteiger partial charge on any atom is -0.397 e. The zero-order chi connectivity index (χ0) is 40.1. The number of hydrogen-bond donors (Lipinski definition) is 2. The summed E-state index contributed by atoms with van der Waals surface area (Å²) in [6.07, 6.45) is 0. The fourth-order valence-electron chi connectivity index (χ4n) is 4.55. The minimum absolute atomic E-state index is 0.427. The number of ketones is 2. The molecule has 7 aromatic rings. The number of rotatable bonds is 5. The molecule has 1 aromatic heterocycles. The molecule has 0 aliphatic rings. The third-order valence-corrected chi connectivity index (χ3v) is 6.94. The predicted molar refractivity (Wildman–Crippen MR) is 247 cm³/mol. The molecule has 10 heteroatoms. The molecule has 0 saturated heterocycles. The molecule has 54 heavy (non-hydrogen) atoms. The summed E-state index contributed by atoms with van der Waals surface area (Å²) in [6, 6.07) is 52.8. The number of aromatic nitrogens is 2. The van der Waals surface area contributed by atoms with Crippen molar-refractivity contribution in [2.24, 2.45) is 0 Å². The number of nitrogens with two attached hydrogens (primary N) is 2. The fraction of sp³-hybridized carbons (Fsp3) is 0.0909. The van der Waals surface area contributed by atoms with Gasteiger partial charge in [0.15, 0.2) is 0 Å². The van der Waals surface area contributed by atoms with E-state index in [4.69, 9.17) is 21.4 Å². The Morgan fingerprint density at radius 2 is 0.611 bits per heavy atom. The van der Waals surface area contributed by atoms with E-state index in [-0.39, 0.29) is 0 Å². The smallest absolute Gasteiger partial charge is 0.233 e. The van der Waals surface area contributed by atoms with Crippen LogP contribution in [0.25, 0.3) is 33.5 Å². The van der Waals surface area contributed by atoms with Gasteiger partial charge in [0.1, 0.15) is 0 Å². The summed E-state index contributed by atoms with van der Waals surface area (Å²) in [5.41, 5.74) is 18.8. The molecule has 0 unspecified atom stereocenters. The molecule has 0 aliphatic heterocycles. The number of nitrogen functional groups attached to an aromatic ring is 2. The number of nitrogens with zero attached hydrogens (tertiary/aromatic N) is 2. The van der Waals surface area contributed by atoms with Gasteiger partial charge in [-0.3, -0.25) is 9.59 Å². The van der Waals surface area contributed by atoms with E-state index in [2.05, 4.69) is 88.0 Å². The number of fused-ring (bicyclic) bond motifs is 1. The van der Waals surface area contributed by atoms with E-state index in [1.165, 1.54) is 0 Å². The quantitative estimate of drug-likeness (QED) is 0.0769. The molecule has 0 radical (unpaired) electrons. The second kappa shape index (κ2) is 28.9. The lowest BCUT2D eigenvalue weighted by atomic mass is 10.0. The largest absolute Gasteiger partial charge is 0.397 e. The average Bonchev–Trinajstić information content (AvgIpc) is 3.28. The Morgan fingerprint density at radius 1 is 0.370 bits per heavy atom. The third-order valence-electron chi connectivity index (χ3n) is 6.94. The van der Waals surface area contributed by atoms with Gasteiger partial charge in [0.25, 0.3) is 0 Å². The van der Waals surface area contributed by atoms with Crippen molar-refractivity contribution in [3.05, 3.63) is 181 Å². The first-order chi connectivity index (χ1) is 26.5. The average molecular weight is 980 g/mol. The van der Waals surface area contributed by atoms with Gasteiger partial charge >= 0.3 is 0 Å². The number of anilines is 2. The molecule has 0 aliphatic carbocycles. The van der Waals surface area contributed by atoms with Crippen molar-refractivity contribution >= 4 is 97.7 Å². The van der Waals surface area contributed by atoms with Gasteiger partial charge in [0.05, 0.1) is 33.8 Å². The van der Waals surface area contributed by atoms with Gasteiger partial charge in [0, 0.05) is 22.3 Å². The van der Waals surface area contributed by atoms with E-state index in [1.54, 1.807) is 60.7 Å². The van der Waals surface area contributed by atoms with Crippen molar-refractivity contribution in [2.45, 2.75) is 0 Å². The van der Waals surface area contributed by atoms with Crippen molar-refractivity contribution in [3.63, 3.8) is 0 Å². The maximum Gasteiger partial charge on any atom is 0.233 e. The van der Waals surface area contributed by atoms with Crippen LogP contribution in [0.1, 0.15) is 20.7 Å². The second-order valence-electron chi connectivity index (χ2n) is 10.2. The number of carbonyl (C=O) groups excluding carboxylic acids is 2. The third kappa shape index (κ3) is 15.5. The summed E-state index contributed by atoms with van der Waals surface area (Å²) in [7, 11) is 0. The molecule has 0 atom stereocenters. The molecule has 0 saturated carbocycles. The van der Waals surface area contributed by atoms with E-state index in [1.807, 2.05) is 108 Å². The Labute approximate surface area is 353 Å². The molecule has 280 valence electrons. The maximum absolute atomic E-state index is 11.8. The summed E-state index contributed by atoms with van der Waals surface area (Å²) in [4.78, 5) is 33.3. The SMILES string of the molecule is CBr.CBr.CBr.CBr.Nc1ccccc1N.O=C(C(=O)c1ccccc1)c1ccccc1.c1ccc(-c2nc3ccccc3nc2-c2ccccc2)cc1. The molecule has 0 amide bonds. The van der Waals surface area contributed by atoms with Crippen LogP contribution < -0.4 is 11.5 Å². The Kier molecular flexibility index (Phi) is 25.5. The molecular formula is C44H44Br4N4O2. The summed E-state index contributed by atoms with van der Waals surface area (Å²) in [5.74, 6) is 6.32. The van der Waals surface area contributed by atoms with Crippen LogP contribution in [0.5, 0.6) is 0 Å². The van der Waals surface area contributed by atoms with Crippen molar-refractivity contribution in [1.82, 2.24) is 9.97 Å². The van der Waals surface area contributed by atoms with Crippen LogP contribution in [-0.2, 0) is 0 Å². The van der Waals surface area contributed by atoms with Gasteiger partial charge in [-0.1, -0.05) is 209 Å². The van der Waals surface area contributed by atoms with Gasteiger partial charge in [0.2, 0.25) is 11.6 Å². The summed E-state index contributed by atoms with van der Waals surface area (Å²) in [5, 5.41) is 0. The van der Waals surface area contributed by atoms with Gasteiger partial charge in [-0.25, -0.2) is 9.97 Å². The molecule has 0 spiro atoms. The monoisotopic (exact) mass is 976 g/mol. The summed E-state index contributed by atoms with van der Waals surface area (Å²) >= 11 is 11.8. The molecule has 6 nitrogen and oxygen atoms in total. The normalized spacial score (nSPS) is 9.04. The number of hydrogen-bond acceptors (Lipinski definition) is 6. The van der Waals surface area contributed by atoms with Crippen molar-refractivity contribution in [1.29, 1.82) is 0 Å². The van der Waals surface area contributed by atoms with Crippen LogP contribution in [0.4, 0.5) is 11.4 Å². The first-order valence-electron chi connectivity index (χ1n) is 16.2. The van der Waals surface area contributed by atoms with Crippen LogP contribution in [0.3, 0.4) is 0 Å². The van der Waals surface area contributed by atoms with Crippen molar-refractivity contribution in [3.8, 4) is 22.5 Å². The number of carbonyl (C=O) groups is 2. The molecular weight excluding hydrogens is 936 g/mol. The van der Waals surface area contributed by atoms with Crippen LogP contribution >= 0.6 is 63.7 Å². The Morgan fingerprint density at radius 3 is 0.889 bits per heavy atom. The number of para-hydroxylation sites is 4. The van der Waals surface area contributed by atoms with E-state index in [0.29, 0.717) is 22.5 Å². The Balaban J connectivity index is 0.000000399. The summed E-state index contributed by atoms with van der Waals surface area (Å²) in [6.45, 7) is 0. The van der Waals surface area contributed by atoms with Gasteiger partial charge in [-0.2, -0.15) is 0 Å².